The minimum Gasteiger partial charge on any atom is -0.595 e. The molecule has 3 aromatic rings. The van der Waals surface area contributed by atoms with Gasteiger partial charge in [0.2, 0.25) is 5.95 Å². The largest absolute Gasteiger partial charge is 0.595 e. The molecule has 0 aliphatic carbocycles. The van der Waals surface area contributed by atoms with Crippen molar-refractivity contribution in [1.29, 1.82) is 0 Å². The number of aromatic nitrogens is 4. The molecule has 1 saturated heterocycles. The van der Waals surface area contributed by atoms with Gasteiger partial charge in [0, 0.05) is 12.1 Å². The molecule has 0 saturated carbocycles. The molecule has 0 bridgehead atoms. The SMILES string of the molecule is Nc1ncnc2c1nc(N/N=C/c1ccc([NH+]([O-])O)cc1)n2[C@@H]1O[C@H](CO)[C@@H](O)[C@H]1O. The van der Waals surface area contributed by atoms with Gasteiger partial charge in [-0.3, -0.25) is 4.57 Å². The van der Waals surface area contributed by atoms with Gasteiger partial charge in [0.1, 0.15) is 24.6 Å². The van der Waals surface area contributed by atoms with Crippen LogP contribution in [0.15, 0.2) is 35.7 Å². The number of nitrogens with one attached hydrogen (secondary N) is 2. The van der Waals surface area contributed by atoms with E-state index >= 15 is 0 Å². The molecule has 14 nitrogen and oxygen atoms in total. The first-order chi connectivity index (χ1) is 14.9. The lowest BCUT2D eigenvalue weighted by Gasteiger charge is -2.18. The molecular weight excluding hydrogens is 412 g/mol. The minimum atomic E-state index is -1.38. The van der Waals surface area contributed by atoms with E-state index < -0.39 is 36.4 Å². The molecule has 164 valence electrons. The highest BCUT2D eigenvalue weighted by Crippen LogP contribution is 2.35. The number of aliphatic hydroxyl groups excluding tert-OH is 3. The van der Waals surface area contributed by atoms with Gasteiger partial charge in [-0.05, 0) is 17.7 Å². The fourth-order valence-corrected chi connectivity index (χ4v) is 3.22. The van der Waals surface area contributed by atoms with E-state index in [-0.39, 0.29) is 28.6 Å². The van der Waals surface area contributed by atoms with Crippen LogP contribution in [0.2, 0.25) is 0 Å². The molecule has 3 heterocycles. The lowest BCUT2D eigenvalue weighted by molar-refractivity contribution is -0.991. The smallest absolute Gasteiger partial charge is 0.228 e. The fourth-order valence-electron chi connectivity index (χ4n) is 3.22. The number of imidazole rings is 1. The van der Waals surface area contributed by atoms with E-state index in [9.17, 15) is 20.5 Å². The molecule has 0 spiro atoms. The Morgan fingerprint density at radius 1 is 1.26 bits per heavy atom. The van der Waals surface area contributed by atoms with E-state index in [2.05, 4.69) is 25.5 Å². The zero-order valence-electron chi connectivity index (χ0n) is 15.9. The second-order valence-electron chi connectivity index (χ2n) is 6.76. The third-order valence-corrected chi connectivity index (χ3v) is 4.81. The van der Waals surface area contributed by atoms with Crippen molar-refractivity contribution in [2.45, 2.75) is 24.5 Å². The average molecular weight is 432 g/mol. The summed E-state index contributed by atoms with van der Waals surface area (Å²) in [6.07, 6.45) is -2.18. The monoisotopic (exact) mass is 432 g/mol. The van der Waals surface area contributed by atoms with Crippen LogP contribution in [0, 0.1) is 5.21 Å². The second-order valence-corrected chi connectivity index (χ2v) is 6.76. The molecule has 1 aromatic carbocycles. The molecule has 1 fully saturated rings. The first kappa shape index (κ1) is 21.0. The number of rotatable bonds is 6. The number of aliphatic hydroxyl groups is 3. The molecule has 4 rings (SSSR count). The molecule has 8 N–H and O–H groups in total. The van der Waals surface area contributed by atoms with Crippen molar-refractivity contribution in [3.8, 4) is 0 Å². The highest BCUT2D eigenvalue weighted by Gasteiger charge is 2.45. The summed E-state index contributed by atoms with van der Waals surface area (Å²) in [5.74, 6) is 0.183. The maximum Gasteiger partial charge on any atom is 0.228 e. The molecule has 5 atom stereocenters. The van der Waals surface area contributed by atoms with Gasteiger partial charge in [0.15, 0.2) is 28.9 Å². The number of quaternary nitrogens is 1. The van der Waals surface area contributed by atoms with Crippen LogP contribution in [-0.4, -0.2) is 71.2 Å². The van der Waals surface area contributed by atoms with E-state index in [1.165, 1.54) is 29.2 Å². The van der Waals surface area contributed by atoms with Crippen LogP contribution < -0.4 is 16.4 Å². The van der Waals surface area contributed by atoms with E-state index in [4.69, 9.17) is 15.7 Å². The number of hydrogen-bond donors (Lipinski definition) is 7. The third-order valence-electron chi connectivity index (χ3n) is 4.81. The molecule has 1 aliphatic heterocycles. The predicted molar refractivity (Wildman–Crippen MR) is 106 cm³/mol. The summed E-state index contributed by atoms with van der Waals surface area (Å²) in [5.41, 5.74) is 9.80. The van der Waals surface area contributed by atoms with Gasteiger partial charge in [0.25, 0.3) is 0 Å². The van der Waals surface area contributed by atoms with Crippen LogP contribution in [0.5, 0.6) is 0 Å². The van der Waals surface area contributed by atoms with Crippen molar-refractivity contribution in [2.24, 2.45) is 5.10 Å². The number of benzene rings is 1. The van der Waals surface area contributed by atoms with Crippen molar-refractivity contribution in [2.75, 3.05) is 17.8 Å². The van der Waals surface area contributed by atoms with E-state index in [0.29, 0.717) is 5.56 Å². The molecule has 0 amide bonds. The van der Waals surface area contributed by atoms with Crippen LogP contribution in [-0.2, 0) is 4.74 Å². The van der Waals surface area contributed by atoms with Gasteiger partial charge in [-0.25, -0.2) is 25.6 Å². The molecule has 31 heavy (non-hydrogen) atoms. The average Bonchev–Trinajstić information content (AvgIpc) is 3.26. The molecule has 2 aromatic heterocycles. The zero-order valence-corrected chi connectivity index (χ0v) is 15.9. The Labute approximate surface area is 174 Å². The van der Waals surface area contributed by atoms with Crippen molar-refractivity contribution >= 4 is 34.8 Å². The maximum absolute atomic E-state index is 10.9. The Morgan fingerprint density at radius 3 is 2.65 bits per heavy atom. The molecule has 1 unspecified atom stereocenters. The highest BCUT2D eigenvalue weighted by molar-refractivity contribution is 5.84. The molecular formula is C17H20N8O6. The van der Waals surface area contributed by atoms with E-state index in [1.807, 2.05) is 0 Å². The molecule has 0 radical (unpaired) electrons. The number of ether oxygens (including phenoxy) is 1. The Kier molecular flexibility index (Phi) is 5.75. The summed E-state index contributed by atoms with van der Waals surface area (Å²) < 4.78 is 6.96. The van der Waals surface area contributed by atoms with Gasteiger partial charge in [-0.2, -0.15) is 10.3 Å². The van der Waals surface area contributed by atoms with E-state index in [1.54, 1.807) is 12.1 Å². The van der Waals surface area contributed by atoms with Crippen LogP contribution in [0.25, 0.3) is 11.2 Å². The van der Waals surface area contributed by atoms with Crippen LogP contribution in [0.1, 0.15) is 11.8 Å². The predicted octanol–water partition coefficient (Wildman–Crippen LogP) is -2.13. The topological polar surface area (TPSA) is 212 Å². The Bertz CT molecular complexity index is 1090. The number of fused-ring (bicyclic) bond motifs is 1. The quantitative estimate of drug-likeness (QED) is 0.165. The number of hydrogen-bond acceptors (Lipinski definition) is 12. The Morgan fingerprint density at radius 2 is 2.00 bits per heavy atom. The second kappa shape index (κ2) is 8.48. The third kappa shape index (κ3) is 3.91. The van der Waals surface area contributed by atoms with Gasteiger partial charge < -0.3 is 31.0 Å². The fraction of sp³-hybridized carbons (Fsp3) is 0.294. The number of anilines is 2. The van der Waals surface area contributed by atoms with Crippen molar-refractivity contribution < 1.29 is 30.5 Å². The normalized spacial score (nSPS) is 24.8. The maximum atomic E-state index is 10.9. The van der Waals surface area contributed by atoms with Gasteiger partial charge in [-0.1, -0.05) is 0 Å². The van der Waals surface area contributed by atoms with E-state index in [0.717, 1.165) is 0 Å². The summed E-state index contributed by atoms with van der Waals surface area (Å²) >= 11 is 0. The number of nitrogens with zero attached hydrogens (tertiary/aromatic N) is 5. The van der Waals surface area contributed by atoms with Crippen LogP contribution >= 0.6 is 0 Å². The first-order valence-corrected chi connectivity index (χ1v) is 9.14. The summed E-state index contributed by atoms with van der Waals surface area (Å²) in [5, 5.41) is 52.9. The highest BCUT2D eigenvalue weighted by atomic mass is 16.8. The lowest BCUT2D eigenvalue weighted by Crippen LogP contribution is -2.99. The van der Waals surface area contributed by atoms with Crippen molar-refractivity contribution in [3.63, 3.8) is 0 Å². The summed E-state index contributed by atoms with van der Waals surface area (Å²) in [4.78, 5) is 12.3. The Balaban J connectivity index is 1.66. The summed E-state index contributed by atoms with van der Waals surface area (Å²) in [6, 6.07) is 6.03. The standard InChI is InChI=1S/C17H20N8O6/c18-14-11-15(20-7-19-14)24(16-13(28)12(27)10(6-26)31-16)17(22-11)23-21-5-8-1-3-9(4-2-8)25(29)30/h1-5,7,10,12-13,16,25-29H,6H2,(H,22,23)(H2,18,19,20)/b21-5+/t10-,12-,13-,16-/m1/s1. The molecule has 14 heteroatoms. The van der Waals surface area contributed by atoms with Crippen LogP contribution in [0.4, 0.5) is 17.5 Å². The summed E-state index contributed by atoms with van der Waals surface area (Å²) in [6.45, 7) is -0.494. The van der Waals surface area contributed by atoms with Crippen LogP contribution in [0.3, 0.4) is 0 Å². The van der Waals surface area contributed by atoms with Gasteiger partial charge >= 0.3 is 0 Å². The minimum absolute atomic E-state index is 0.0896. The van der Waals surface area contributed by atoms with Crippen molar-refractivity contribution in [3.05, 3.63) is 41.4 Å². The van der Waals surface area contributed by atoms with Crippen molar-refractivity contribution in [1.82, 2.24) is 19.5 Å². The first-order valence-electron chi connectivity index (χ1n) is 9.14. The number of nitrogens with two attached hydrogens (primary N) is 1. The number of nitrogen functional groups attached to an aromatic ring is 1. The lowest BCUT2D eigenvalue weighted by atomic mass is 10.1. The summed E-state index contributed by atoms with van der Waals surface area (Å²) in [7, 11) is 0. The Hall–Kier alpha value is -3.24. The zero-order chi connectivity index (χ0) is 22.1. The number of hydrazone groups is 1. The van der Waals surface area contributed by atoms with Gasteiger partial charge in [0.05, 0.1) is 12.8 Å². The van der Waals surface area contributed by atoms with Gasteiger partial charge in [-0.15, -0.1) is 0 Å². The molecule has 1 aliphatic rings.